The number of ether oxygens (including phenoxy) is 8. The fourth-order valence-corrected chi connectivity index (χ4v) is 8.27. The van der Waals surface area contributed by atoms with Gasteiger partial charge in [-0.05, 0) is 6.07 Å². The lowest BCUT2D eigenvalue weighted by Gasteiger charge is -2.51. The molecule has 1 aromatic carbocycles. The van der Waals surface area contributed by atoms with Crippen LogP contribution in [0.5, 0.6) is 5.75 Å². The van der Waals surface area contributed by atoms with Crippen molar-refractivity contribution < 1.29 is 113 Å². The first-order chi connectivity index (χ1) is 32.5. The third-order valence-corrected chi connectivity index (χ3v) is 11.4. The first-order valence-electron chi connectivity index (χ1n) is 21.1. The summed E-state index contributed by atoms with van der Waals surface area (Å²) in [6.45, 7) is 0.398. The van der Waals surface area contributed by atoms with Crippen molar-refractivity contribution in [2.75, 3.05) is 26.4 Å². The number of carbonyl (C=O) groups excluding carboxylic acids is 4. The molecule has 4 amide bonds. The van der Waals surface area contributed by atoms with E-state index in [0.29, 0.717) is 6.07 Å². The van der Waals surface area contributed by atoms with E-state index >= 15 is 0 Å². The number of benzene rings is 1. The molecule has 0 radical (unpaired) electrons. The molecule has 1 aromatic rings. The fourth-order valence-electron chi connectivity index (χ4n) is 8.27. The van der Waals surface area contributed by atoms with Crippen LogP contribution in [0.1, 0.15) is 27.7 Å². The Balaban J connectivity index is 1.40. The second-order valence-corrected chi connectivity index (χ2v) is 16.3. The van der Waals surface area contributed by atoms with Gasteiger partial charge < -0.3 is 105 Å². The van der Waals surface area contributed by atoms with Crippen molar-refractivity contribution in [3.63, 3.8) is 0 Å². The summed E-state index contributed by atoms with van der Waals surface area (Å²) in [4.78, 5) is 70.4. The van der Waals surface area contributed by atoms with Crippen LogP contribution in [0.25, 0.3) is 0 Å². The predicted molar refractivity (Wildman–Crippen MR) is 218 cm³/mol. The van der Waals surface area contributed by atoms with Crippen molar-refractivity contribution >= 4 is 35.0 Å². The molecule has 4 heterocycles. The molecular weight excluding hydrogens is 940 g/mol. The summed E-state index contributed by atoms with van der Waals surface area (Å²) in [5, 5.41) is 130. The van der Waals surface area contributed by atoms with Crippen molar-refractivity contribution in [3.8, 4) is 5.75 Å². The van der Waals surface area contributed by atoms with Crippen LogP contribution in [0.3, 0.4) is 0 Å². The lowest BCUT2D eigenvalue weighted by atomic mass is 9.93. The van der Waals surface area contributed by atoms with E-state index in [1.165, 1.54) is 0 Å². The third-order valence-electron chi connectivity index (χ3n) is 11.4. The molecule has 31 nitrogen and oxygen atoms in total. The van der Waals surface area contributed by atoms with E-state index in [4.69, 9.17) is 37.9 Å². The minimum atomic E-state index is -2.00. The molecule has 5 rings (SSSR count). The summed E-state index contributed by atoms with van der Waals surface area (Å²) in [5.41, 5.74) is -1.86. The quantitative estimate of drug-likeness (QED) is 0.0480. The number of carbonyl (C=O) groups is 4. The first-order valence-corrected chi connectivity index (χ1v) is 21.1. The van der Waals surface area contributed by atoms with Crippen LogP contribution in [0.15, 0.2) is 18.2 Å². The lowest BCUT2D eigenvalue weighted by Crippen LogP contribution is -2.72. The van der Waals surface area contributed by atoms with E-state index in [0.717, 1.165) is 39.8 Å². The van der Waals surface area contributed by atoms with Crippen LogP contribution >= 0.6 is 0 Å². The number of amides is 4. The summed E-state index contributed by atoms with van der Waals surface area (Å²) in [7, 11) is 0. The largest absolute Gasteiger partial charge is 0.462 e. The predicted octanol–water partition coefficient (Wildman–Crippen LogP) is -7.27. The summed E-state index contributed by atoms with van der Waals surface area (Å²) < 4.78 is 47.1. The van der Waals surface area contributed by atoms with Gasteiger partial charge in [0.1, 0.15) is 103 Å². The zero-order valence-corrected chi connectivity index (χ0v) is 37.1. The Morgan fingerprint density at radius 2 is 0.826 bits per heavy atom. The van der Waals surface area contributed by atoms with Crippen LogP contribution in [-0.4, -0.2) is 228 Å². The van der Waals surface area contributed by atoms with E-state index < -0.39 is 200 Å². The third kappa shape index (κ3) is 12.7. The average Bonchev–Trinajstić information content (AvgIpc) is 3.28. The summed E-state index contributed by atoms with van der Waals surface area (Å²) >= 11 is 0. The number of nitro benzene ring substituents is 2. The van der Waals surface area contributed by atoms with Crippen molar-refractivity contribution in [2.24, 2.45) is 0 Å². The van der Waals surface area contributed by atoms with Crippen molar-refractivity contribution in [1.29, 1.82) is 0 Å². The Morgan fingerprint density at radius 1 is 0.507 bits per heavy atom. The molecular formula is C38H56N6O25. The van der Waals surface area contributed by atoms with Gasteiger partial charge in [0.05, 0.1) is 42.3 Å². The Kier molecular flexibility index (Phi) is 19.0. The van der Waals surface area contributed by atoms with Gasteiger partial charge in [0.25, 0.3) is 0 Å². The highest BCUT2D eigenvalue weighted by molar-refractivity contribution is 5.74. The van der Waals surface area contributed by atoms with E-state index in [1.807, 2.05) is 0 Å². The number of rotatable bonds is 18. The second kappa shape index (κ2) is 23.8. The van der Waals surface area contributed by atoms with Gasteiger partial charge in [0.15, 0.2) is 18.9 Å². The molecule has 4 saturated heterocycles. The van der Waals surface area contributed by atoms with Crippen LogP contribution < -0.4 is 26.0 Å². The first kappa shape index (κ1) is 55.0. The van der Waals surface area contributed by atoms with E-state index in [-0.39, 0.29) is 0 Å². The minimum Gasteiger partial charge on any atom is -0.462 e. The van der Waals surface area contributed by atoms with Gasteiger partial charge in [-0.1, -0.05) is 0 Å². The molecule has 20 atom stereocenters. The van der Waals surface area contributed by atoms with Crippen molar-refractivity contribution in [2.45, 2.75) is 150 Å². The highest BCUT2D eigenvalue weighted by Crippen LogP contribution is 2.36. The molecule has 4 aliphatic heterocycles. The molecule has 388 valence electrons. The number of nitrogens with zero attached hydrogens (tertiary/aromatic N) is 2. The number of hydrogen-bond donors (Lipinski definition) is 13. The minimum absolute atomic E-state index is 0.397. The number of nitrogens with one attached hydrogen (secondary N) is 4. The van der Waals surface area contributed by atoms with Gasteiger partial charge in [-0.3, -0.25) is 39.4 Å². The van der Waals surface area contributed by atoms with Gasteiger partial charge in [0, 0.05) is 33.8 Å². The van der Waals surface area contributed by atoms with Crippen LogP contribution in [0.4, 0.5) is 11.4 Å². The zero-order valence-electron chi connectivity index (χ0n) is 37.1. The Morgan fingerprint density at radius 3 is 1.16 bits per heavy atom. The normalized spacial score (nSPS) is 38.0. The molecule has 0 aliphatic carbocycles. The Bertz CT molecular complexity index is 1990. The maximum absolute atomic E-state index is 12.6. The van der Waals surface area contributed by atoms with Gasteiger partial charge >= 0.3 is 11.4 Å². The average molecular weight is 997 g/mol. The van der Waals surface area contributed by atoms with Crippen LogP contribution in [0, 0.1) is 20.2 Å². The van der Waals surface area contributed by atoms with Gasteiger partial charge in [-0.15, -0.1) is 0 Å². The second-order valence-electron chi connectivity index (χ2n) is 16.3. The number of aliphatic hydroxyl groups is 9. The number of aliphatic hydroxyl groups excluding tert-OH is 9. The topological polar surface area (TPSA) is 459 Å². The van der Waals surface area contributed by atoms with Gasteiger partial charge in [0.2, 0.25) is 29.9 Å². The molecule has 0 saturated carbocycles. The fraction of sp³-hybridized carbons (Fsp3) is 0.737. The van der Waals surface area contributed by atoms with E-state index in [2.05, 4.69) is 21.3 Å². The molecule has 31 heteroatoms. The highest BCUT2D eigenvalue weighted by Gasteiger charge is 2.56. The molecule has 4 aliphatic rings. The molecule has 4 fully saturated rings. The monoisotopic (exact) mass is 996 g/mol. The zero-order chi connectivity index (χ0) is 51.2. The number of nitro groups is 2. The Labute approximate surface area is 389 Å². The van der Waals surface area contributed by atoms with Gasteiger partial charge in [-0.2, -0.15) is 0 Å². The van der Waals surface area contributed by atoms with E-state index in [1.54, 1.807) is 0 Å². The van der Waals surface area contributed by atoms with Crippen molar-refractivity contribution in [3.05, 3.63) is 38.4 Å². The number of hydrogen-bond acceptors (Lipinski definition) is 25. The highest BCUT2D eigenvalue weighted by atomic mass is 16.8. The van der Waals surface area contributed by atoms with Crippen molar-refractivity contribution in [1.82, 2.24) is 21.3 Å². The molecule has 0 aromatic heterocycles. The van der Waals surface area contributed by atoms with E-state index in [9.17, 15) is 85.4 Å². The SMILES string of the molecule is CC(=O)NC1[C@H](O[C@H]2[C@H](O)[C@@H](NC(C)=O)[C@H](O[C@H]3[C@H](O)[C@@H](NC(C)=O)[C@H](O[C@H]4[C@H](O)[C@@H](NC(C)=O)[C@H](Oc5ccc([N+](=O)[O-])c([N+](=O)[O-])c5)O[C@@H]4CO)O[C@@H]3CO)O[C@@H]2CO)O[C@H](CO)[C@@H](O)[C@@H]1O. The standard InChI is InChI=1S/C38H56N6O25/c1-12(49)39-23-28(54)27(53)19(8-45)63-36(23)67-33-21(10-47)65-38(25(30(33)56)41-14(3)51)69-34-22(11-48)66-37(26(31(34)57)42-15(4)52)68-32-20(9-46)64-35(24(29(32)55)40-13(2)50)62-16-5-6-17(43(58)59)18(7-16)44(60)61/h5-7,19-38,45-48,53-57H,8-11H2,1-4H3,(H,39,49)(H,40,50)(H,41,51)(H,42,52)/t19-,20-,21-,22-,23?,24-,25-,26-,27-,28-,29-,30-,31-,32-,33-,34-,35-,36+,37+,38+/m1/s1. The van der Waals surface area contributed by atoms with Crippen LogP contribution in [-0.2, 0) is 52.3 Å². The summed E-state index contributed by atoms with van der Waals surface area (Å²) in [6.07, 6.45) is -28.3. The Hall–Kier alpha value is -4.94. The molecule has 0 spiro atoms. The smallest absolute Gasteiger partial charge is 0.349 e. The van der Waals surface area contributed by atoms with Crippen LogP contribution in [0.2, 0.25) is 0 Å². The molecule has 0 bridgehead atoms. The molecule has 1 unspecified atom stereocenters. The maximum Gasteiger partial charge on any atom is 0.349 e. The summed E-state index contributed by atoms with van der Waals surface area (Å²) in [6, 6.07) is -4.12. The molecule has 69 heavy (non-hydrogen) atoms. The lowest BCUT2D eigenvalue weighted by molar-refractivity contribution is -0.422. The van der Waals surface area contributed by atoms with Gasteiger partial charge in [-0.25, -0.2) is 0 Å². The summed E-state index contributed by atoms with van der Waals surface area (Å²) in [5.74, 6) is -3.51. The molecule has 13 N–H and O–H groups in total. The maximum atomic E-state index is 12.6.